The molecule has 0 amide bonds. The first kappa shape index (κ1) is 20.5. The smallest absolute Gasteiger partial charge is 0.127 e. The van der Waals surface area contributed by atoms with Crippen molar-refractivity contribution in [2.45, 2.75) is 19.4 Å². The molecule has 0 saturated heterocycles. The Kier molecular flexibility index (Phi) is 6.81. The number of allylic oxidation sites excluding steroid dienone is 1. The lowest BCUT2D eigenvalue weighted by Crippen LogP contribution is -2.00. The van der Waals surface area contributed by atoms with Gasteiger partial charge in [0.15, 0.2) is 0 Å². The molecule has 4 aromatic rings. The highest BCUT2D eigenvalue weighted by atomic mass is 16.5. The van der Waals surface area contributed by atoms with E-state index in [2.05, 4.69) is 42.5 Å². The predicted molar refractivity (Wildman–Crippen MR) is 127 cm³/mol. The van der Waals surface area contributed by atoms with Gasteiger partial charge < -0.3 is 9.84 Å². The zero-order valence-corrected chi connectivity index (χ0v) is 17.4. The minimum Gasteiger partial charge on any atom is -0.508 e. The third-order valence-electron chi connectivity index (χ3n) is 5.17. The maximum atomic E-state index is 10.8. The van der Waals surface area contributed by atoms with Crippen LogP contribution >= 0.6 is 0 Å². The van der Waals surface area contributed by atoms with Crippen molar-refractivity contribution in [3.05, 3.63) is 137 Å². The number of phenolic OH excluding ortho intramolecular Hbond substituents is 1. The average Bonchev–Trinajstić information content (AvgIpc) is 2.81. The molecule has 0 fully saturated rings. The molecule has 4 rings (SSSR count). The number of aromatic hydroxyl groups is 1. The Morgan fingerprint density at radius 2 is 1.29 bits per heavy atom. The van der Waals surface area contributed by atoms with Crippen LogP contribution < -0.4 is 4.74 Å². The molecule has 0 unspecified atom stereocenters. The number of rotatable bonds is 8. The van der Waals surface area contributed by atoms with E-state index >= 15 is 0 Å². The normalized spacial score (nSPS) is 11.0. The highest BCUT2D eigenvalue weighted by molar-refractivity contribution is 5.53. The number of hydrogen-bond acceptors (Lipinski definition) is 2. The molecule has 0 saturated carbocycles. The molecule has 2 heteroatoms. The molecule has 154 valence electrons. The Hall–Kier alpha value is -3.78. The van der Waals surface area contributed by atoms with Crippen molar-refractivity contribution in [1.29, 1.82) is 0 Å². The van der Waals surface area contributed by atoms with Crippen LogP contribution in [0.1, 0.15) is 27.8 Å². The van der Waals surface area contributed by atoms with Crippen molar-refractivity contribution in [1.82, 2.24) is 0 Å². The Labute approximate surface area is 184 Å². The molecule has 0 radical (unpaired) electrons. The van der Waals surface area contributed by atoms with E-state index in [0.717, 1.165) is 34.4 Å². The summed E-state index contributed by atoms with van der Waals surface area (Å²) in [6.07, 6.45) is 5.47. The Morgan fingerprint density at radius 1 is 0.677 bits per heavy atom. The summed E-state index contributed by atoms with van der Waals surface area (Å²) < 4.78 is 6.19. The zero-order valence-electron chi connectivity index (χ0n) is 17.4. The van der Waals surface area contributed by atoms with Gasteiger partial charge in [0.25, 0.3) is 0 Å². The summed E-state index contributed by atoms with van der Waals surface area (Å²) in [5, 5.41) is 10.8. The first-order chi connectivity index (χ1) is 15.3. The summed E-state index contributed by atoms with van der Waals surface area (Å²) >= 11 is 0. The van der Waals surface area contributed by atoms with E-state index in [9.17, 15) is 5.11 Å². The van der Waals surface area contributed by atoms with E-state index < -0.39 is 0 Å². The minimum atomic E-state index is 0.272. The molecule has 1 N–H and O–H groups in total. The molecule has 0 atom stereocenters. The van der Waals surface area contributed by atoms with Gasteiger partial charge in [0.05, 0.1) is 0 Å². The molecule has 0 aromatic heterocycles. The molecule has 2 nitrogen and oxygen atoms in total. The summed E-state index contributed by atoms with van der Waals surface area (Å²) in [4.78, 5) is 0. The molecule has 31 heavy (non-hydrogen) atoms. The number of phenols is 1. The second-order valence-electron chi connectivity index (χ2n) is 7.55. The quantitative estimate of drug-likeness (QED) is 0.348. The molecule has 0 aliphatic rings. The number of ether oxygens (including phenoxy) is 1. The van der Waals surface area contributed by atoms with Crippen LogP contribution in [0.5, 0.6) is 11.5 Å². The van der Waals surface area contributed by atoms with Crippen molar-refractivity contribution in [3.8, 4) is 11.5 Å². The van der Waals surface area contributed by atoms with Gasteiger partial charge in [-0.25, -0.2) is 0 Å². The van der Waals surface area contributed by atoms with Crippen LogP contribution in [-0.2, 0) is 19.4 Å². The monoisotopic (exact) mass is 406 g/mol. The Morgan fingerprint density at radius 3 is 1.97 bits per heavy atom. The lowest BCUT2D eigenvalue weighted by Gasteiger charge is -2.15. The average molecular weight is 407 g/mol. The molecule has 0 bridgehead atoms. The van der Waals surface area contributed by atoms with Crippen LogP contribution in [0.2, 0.25) is 0 Å². The largest absolute Gasteiger partial charge is 0.508 e. The molecule has 0 heterocycles. The third-order valence-corrected chi connectivity index (χ3v) is 5.17. The lowest BCUT2D eigenvalue weighted by molar-refractivity contribution is 0.301. The molecular formula is C29H26O2. The van der Waals surface area contributed by atoms with Gasteiger partial charge in [0.2, 0.25) is 0 Å². The maximum absolute atomic E-state index is 10.8. The van der Waals surface area contributed by atoms with Crippen molar-refractivity contribution >= 4 is 6.08 Å². The first-order valence-electron chi connectivity index (χ1n) is 10.5. The van der Waals surface area contributed by atoms with E-state index in [-0.39, 0.29) is 5.75 Å². The van der Waals surface area contributed by atoms with Crippen molar-refractivity contribution < 1.29 is 9.84 Å². The number of hydrogen-bond donors (Lipinski definition) is 1. The Balaban J connectivity index is 1.58. The second-order valence-corrected chi connectivity index (χ2v) is 7.55. The maximum Gasteiger partial charge on any atom is 0.127 e. The standard InChI is InChI=1S/C29H26O2/c30-28-20-26(19-24-13-6-2-7-14-24)21-29(31-22-25-15-8-3-9-16-25)27(28)18-10-17-23-11-4-1-5-12-23/h1-17,20-21,30H,18-19,22H2/b17-10+. The fourth-order valence-electron chi connectivity index (χ4n) is 3.57. The van der Waals surface area contributed by atoms with Gasteiger partial charge in [-0.05, 0) is 47.2 Å². The summed E-state index contributed by atoms with van der Waals surface area (Å²) in [6, 6.07) is 34.4. The summed E-state index contributed by atoms with van der Waals surface area (Å²) in [5.41, 5.74) is 5.27. The van der Waals surface area contributed by atoms with Crippen molar-refractivity contribution in [3.63, 3.8) is 0 Å². The topological polar surface area (TPSA) is 29.5 Å². The molecular weight excluding hydrogens is 380 g/mol. The Bertz CT molecular complexity index is 1120. The summed E-state index contributed by atoms with van der Waals surface area (Å²) in [7, 11) is 0. The van der Waals surface area contributed by atoms with E-state index in [1.165, 1.54) is 5.56 Å². The first-order valence-corrected chi connectivity index (χ1v) is 10.5. The van der Waals surface area contributed by atoms with Crippen molar-refractivity contribution in [2.75, 3.05) is 0 Å². The molecule has 0 aliphatic heterocycles. The van der Waals surface area contributed by atoms with Crippen LogP contribution in [0.3, 0.4) is 0 Å². The predicted octanol–water partition coefficient (Wildman–Crippen LogP) is 6.82. The fourth-order valence-corrected chi connectivity index (χ4v) is 3.57. The highest BCUT2D eigenvalue weighted by Gasteiger charge is 2.12. The van der Waals surface area contributed by atoms with Crippen molar-refractivity contribution in [2.24, 2.45) is 0 Å². The SMILES string of the molecule is Oc1cc(Cc2ccccc2)cc(OCc2ccccc2)c1C/C=C/c1ccccc1. The zero-order chi connectivity index (χ0) is 21.3. The summed E-state index contributed by atoms with van der Waals surface area (Å²) in [5.74, 6) is 1.00. The summed E-state index contributed by atoms with van der Waals surface area (Å²) in [6.45, 7) is 0.463. The van der Waals surface area contributed by atoms with Gasteiger partial charge in [-0.3, -0.25) is 0 Å². The van der Waals surface area contributed by atoms with Crippen LogP contribution in [0.4, 0.5) is 0 Å². The molecule has 0 aliphatic carbocycles. The van der Waals surface area contributed by atoms with Crippen LogP contribution in [0.25, 0.3) is 6.08 Å². The van der Waals surface area contributed by atoms with Gasteiger partial charge in [0, 0.05) is 5.56 Å². The lowest BCUT2D eigenvalue weighted by atomic mass is 10.00. The van der Waals surface area contributed by atoms with Gasteiger partial charge in [-0.1, -0.05) is 103 Å². The molecule has 4 aromatic carbocycles. The van der Waals surface area contributed by atoms with Gasteiger partial charge in [-0.15, -0.1) is 0 Å². The highest BCUT2D eigenvalue weighted by Crippen LogP contribution is 2.32. The van der Waals surface area contributed by atoms with E-state index in [1.54, 1.807) is 0 Å². The van der Waals surface area contributed by atoms with Gasteiger partial charge in [0.1, 0.15) is 18.1 Å². The van der Waals surface area contributed by atoms with Gasteiger partial charge >= 0.3 is 0 Å². The minimum absolute atomic E-state index is 0.272. The number of benzene rings is 4. The third kappa shape index (κ3) is 5.86. The molecule has 0 spiro atoms. The van der Waals surface area contributed by atoms with E-state index in [0.29, 0.717) is 13.0 Å². The van der Waals surface area contributed by atoms with Crippen LogP contribution in [0.15, 0.2) is 109 Å². The van der Waals surface area contributed by atoms with Crippen LogP contribution in [0, 0.1) is 0 Å². The van der Waals surface area contributed by atoms with E-state index in [4.69, 9.17) is 4.74 Å². The van der Waals surface area contributed by atoms with Gasteiger partial charge in [-0.2, -0.15) is 0 Å². The fraction of sp³-hybridized carbons (Fsp3) is 0.103. The van der Waals surface area contributed by atoms with Crippen LogP contribution in [-0.4, -0.2) is 5.11 Å². The second kappa shape index (κ2) is 10.3. The van der Waals surface area contributed by atoms with E-state index in [1.807, 2.05) is 72.8 Å².